The van der Waals surface area contributed by atoms with Gasteiger partial charge in [-0.15, -0.1) is 0 Å². The summed E-state index contributed by atoms with van der Waals surface area (Å²) in [6.45, 7) is 1.97. The maximum atomic E-state index is 10.3. The van der Waals surface area contributed by atoms with E-state index in [-0.39, 0.29) is 0 Å². The van der Waals surface area contributed by atoms with Gasteiger partial charge in [-0.05, 0) is 6.42 Å². The molecule has 0 aromatic carbocycles. The summed E-state index contributed by atoms with van der Waals surface area (Å²) in [7, 11) is 0. The van der Waals surface area contributed by atoms with Crippen molar-refractivity contribution in [1.82, 2.24) is 0 Å². The van der Waals surface area contributed by atoms with Gasteiger partial charge < -0.3 is 0 Å². The first kappa shape index (κ1) is 9.53. The van der Waals surface area contributed by atoms with Crippen LogP contribution in [-0.4, -0.2) is 14.1 Å². The van der Waals surface area contributed by atoms with Gasteiger partial charge >= 0.3 is 5.37 Å². The third-order valence-corrected chi connectivity index (χ3v) is 1.96. The highest BCUT2D eigenvalue weighted by Crippen LogP contribution is 2.06. The van der Waals surface area contributed by atoms with Crippen molar-refractivity contribution in [2.75, 3.05) is 0 Å². The van der Waals surface area contributed by atoms with Crippen LogP contribution in [0.1, 0.15) is 26.2 Å². The van der Waals surface area contributed by atoms with Crippen LogP contribution >= 0.6 is 0 Å². The van der Waals surface area contributed by atoms with Crippen LogP contribution in [0.4, 0.5) is 0 Å². The molecule has 0 radical (unpaired) electrons. The molecule has 4 nitrogen and oxygen atoms in total. The van der Waals surface area contributed by atoms with Crippen LogP contribution in [0.5, 0.6) is 0 Å². The largest absolute Gasteiger partial charge is 0.410 e. The Kier molecular flexibility index (Phi) is 5.08. The molecule has 5 heteroatoms. The van der Waals surface area contributed by atoms with Crippen molar-refractivity contribution in [2.45, 2.75) is 31.6 Å². The summed E-state index contributed by atoms with van der Waals surface area (Å²) in [5.74, 6) is 0. The van der Waals surface area contributed by atoms with E-state index in [1.54, 1.807) is 0 Å². The Morgan fingerprint density at radius 3 is 2.70 bits per heavy atom. The van der Waals surface area contributed by atoms with E-state index in [2.05, 4.69) is 4.98 Å². The minimum Gasteiger partial charge on any atom is -0.300 e. The number of unbranched alkanes of at least 4 members (excludes halogenated alkanes) is 1. The lowest BCUT2D eigenvalue weighted by Gasteiger charge is -1.90. The molecule has 10 heavy (non-hydrogen) atoms. The van der Waals surface area contributed by atoms with E-state index in [0.717, 1.165) is 12.8 Å². The van der Waals surface area contributed by atoms with E-state index in [1.807, 2.05) is 6.92 Å². The van der Waals surface area contributed by atoms with Gasteiger partial charge in [-0.3, -0.25) is 4.55 Å². The molecule has 2 unspecified atom stereocenters. The zero-order valence-electron chi connectivity index (χ0n) is 5.86. The zero-order valence-corrected chi connectivity index (χ0v) is 6.67. The molecule has 0 aliphatic heterocycles. The maximum Gasteiger partial charge on any atom is 0.410 e. The molecule has 0 saturated heterocycles. The number of nitrogens with zero attached hydrogens (tertiary/aromatic N) is 2. The average molecular weight is 163 g/mol. The van der Waals surface area contributed by atoms with Crippen molar-refractivity contribution in [1.29, 1.82) is 5.39 Å². The summed E-state index contributed by atoms with van der Waals surface area (Å²) in [6.07, 6.45) is 2.21. The summed E-state index contributed by atoms with van der Waals surface area (Å²) >= 11 is -2.02. The fourth-order valence-electron chi connectivity index (χ4n) is 0.578. The Bertz CT molecular complexity index is 154. The van der Waals surface area contributed by atoms with Gasteiger partial charge in [0.05, 0.1) is 0 Å². The molecule has 0 aliphatic carbocycles. The van der Waals surface area contributed by atoms with E-state index in [4.69, 9.17) is 9.95 Å². The quantitative estimate of drug-likeness (QED) is 0.505. The number of diazo groups is 1. The minimum absolute atomic E-state index is 0.468. The molecule has 58 valence electrons. The fourth-order valence-corrected chi connectivity index (χ4v) is 1.03. The molecule has 0 bridgehead atoms. The Morgan fingerprint density at radius 2 is 2.40 bits per heavy atom. The first-order valence-electron chi connectivity index (χ1n) is 3.16. The predicted molar refractivity (Wildman–Crippen MR) is 39.2 cm³/mol. The van der Waals surface area contributed by atoms with Crippen LogP contribution in [0.2, 0.25) is 0 Å². The summed E-state index contributed by atoms with van der Waals surface area (Å²) in [5, 5.41) is 7.38. The van der Waals surface area contributed by atoms with Crippen LogP contribution in [0.3, 0.4) is 0 Å². The van der Waals surface area contributed by atoms with Gasteiger partial charge in [0.15, 0.2) is 0 Å². The molecule has 0 aliphatic rings. The fraction of sp³-hybridized carbons (Fsp3) is 1.00. The molecular formula is C5H11N2O2S+. The second-order valence-corrected chi connectivity index (χ2v) is 3.09. The normalized spacial score (nSPS) is 15.7. The molecule has 0 aromatic rings. The second-order valence-electron chi connectivity index (χ2n) is 1.99. The minimum atomic E-state index is -2.02. The van der Waals surface area contributed by atoms with Crippen molar-refractivity contribution in [2.24, 2.45) is 0 Å². The van der Waals surface area contributed by atoms with E-state index in [1.165, 1.54) is 0 Å². The van der Waals surface area contributed by atoms with Gasteiger partial charge in [0.1, 0.15) is 4.98 Å². The highest BCUT2D eigenvalue weighted by Gasteiger charge is 2.25. The van der Waals surface area contributed by atoms with Crippen molar-refractivity contribution < 1.29 is 8.76 Å². The molecular weight excluding hydrogens is 152 g/mol. The zero-order chi connectivity index (χ0) is 7.98. The molecule has 0 aromatic heterocycles. The van der Waals surface area contributed by atoms with Crippen molar-refractivity contribution >= 4 is 11.1 Å². The Labute approximate surface area is 62.5 Å². The summed E-state index contributed by atoms with van der Waals surface area (Å²) in [5.41, 5.74) is 0. The van der Waals surface area contributed by atoms with Gasteiger partial charge in [-0.25, -0.2) is 4.21 Å². The smallest absolute Gasteiger partial charge is 0.300 e. The molecule has 1 N–H and O–H groups in total. The topological polar surface area (TPSA) is 65.5 Å². The van der Waals surface area contributed by atoms with E-state index < -0.39 is 16.5 Å². The Hall–Kier alpha value is -0.470. The van der Waals surface area contributed by atoms with Crippen molar-refractivity contribution in [3.8, 4) is 0 Å². The lowest BCUT2D eigenvalue weighted by atomic mass is 10.2. The number of rotatable bonds is 4. The Balaban J connectivity index is 3.64. The number of hydrogen-bond donors (Lipinski definition) is 1. The standard InChI is InChI=1S/C5H10N2O2S/c1-2-3-4-5(7-6)10(8)9/h5H,2-4H2,1H3/p+1. The molecule has 2 atom stereocenters. The lowest BCUT2D eigenvalue weighted by Crippen LogP contribution is -2.08. The molecule has 0 spiro atoms. The van der Waals surface area contributed by atoms with Crippen LogP contribution < -0.4 is 0 Å². The molecule has 0 amide bonds. The van der Waals surface area contributed by atoms with E-state index in [0.29, 0.717) is 6.42 Å². The van der Waals surface area contributed by atoms with E-state index in [9.17, 15) is 4.21 Å². The molecule has 0 rings (SSSR count). The van der Waals surface area contributed by atoms with Crippen molar-refractivity contribution in [3.63, 3.8) is 0 Å². The first-order chi connectivity index (χ1) is 4.72. The highest BCUT2D eigenvalue weighted by atomic mass is 32.2. The van der Waals surface area contributed by atoms with Gasteiger partial charge in [0.25, 0.3) is 0 Å². The van der Waals surface area contributed by atoms with Crippen LogP contribution in [0.25, 0.3) is 4.98 Å². The van der Waals surface area contributed by atoms with Crippen molar-refractivity contribution in [3.05, 3.63) is 4.98 Å². The van der Waals surface area contributed by atoms with Gasteiger partial charge in [0, 0.05) is 6.42 Å². The molecule has 0 fully saturated rings. The molecule has 0 saturated carbocycles. The third kappa shape index (κ3) is 3.54. The predicted octanol–water partition coefficient (Wildman–Crippen LogP) is 1.58. The highest BCUT2D eigenvalue weighted by molar-refractivity contribution is 7.80. The third-order valence-electron chi connectivity index (χ3n) is 1.17. The summed E-state index contributed by atoms with van der Waals surface area (Å²) in [4.78, 5) is 2.77. The lowest BCUT2D eigenvalue weighted by molar-refractivity contribution is 0.547. The maximum absolute atomic E-state index is 10.3. The van der Waals surface area contributed by atoms with Gasteiger partial charge in [-0.1, -0.05) is 13.3 Å². The Morgan fingerprint density at radius 1 is 1.80 bits per heavy atom. The van der Waals surface area contributed by atoms with Crippen LogP contribution in [0, 0.1) is 5.39 Å². The average Bonchev–Trinajstić information content (AvgIpc) is 1.89. The second kappa shape index (κ2) is 5.33. The van der Waals surface area contributed by atoms with Gasteiger partial charge in [-0.2, -0.15) is 0 Å². The summed E-state index contributed by atoms with van der Waals surface area (Å²) in [6, 6.07) is 0. The SMILES string of the molecule is CCCCC([N+]#N)S(=O)O. The monoisotopic (exact) mass is 163 g/mol. The molecule has 0 heterocycles. The first-order valence-corrected chi connectivity index (χ1v) is 4.33. The van der Waals surface area contributed by atoms with Crippen LogP contribution in [-0.2, 0) is 11.1 Å². The van der Waals surface area contributed by atoms with Crippen LogP contribution in [0.15, 0.2) is 0 Å². The number of hydrogen-bond acceptors (Lipinski definition) is 2. The van der Waals surface area contributed by atoms with E-state index >= 15 is 0 Å². The summed E-state index contributed by atoms with van der Waals surface area (Å²) < 4.78 is 18.8. The van der Waals surface area contributed by atoms with Gasteiger partial charge in [0.2, 0.25) is 16.5 Å².